The van der Waals surface area contributed by atoms with Gasteiger partial charge >= 0.3 is 0 Å². The van der Waals surface area contributed by atoms with Crippen LogP contribution in [-0.4, -0.2) is 27.2 Å². The summed E-state index contributed by atoms with van der Waals surface area (Å²) in [7, 11) is 1.83. The van der Waals surface area contributed by atoms with E-state index in [-0.39, 0.29) is 0 Å². The number of rotatable bonds is 3. The summed E-state index contributed by atoms with van der Waals surface area (Å²) < 4.78 is 1.97. The largest absolute Gasteiger partial charge is 0.363 e. The summed E-state index contributed by atoms with van der Waals surface area (Å²) >= 11 is 4.68. The van der Waals surface area contributed by atoms with Crippen LogP contribution in [0.2, 0.25) is 0 Å². The molecule has 0 fully saturated rings. The fourth-order valence-corrected chi connectivity index (χ4v) is 3.89. The third-order valence-electron chi connectivity index (χ3n) is 2.01. The van der Waals surface area contributed by atoms with Crippen molar-refractivity contribution in [3.8, 4) is 0 Å². The molecule has 3 heterocycles. The zero-order chi connectivity index (χ0) is 11.7. The van der Waals surface area contributed by atoms with Gasteiger partial charge in [-0.05, 0) is 23.2 Å². The molecule has 86 valence electrons. The van der Waals surface area contributed by atoms with Gasteiger partial charge < -0.3 is 5.32 Å². The quantitative estimate of drug-likeness (QED) is 0.745. The Kier molecular flexibility index (Phi) is 2.91. The molecule has 0 aliphatic rings. The van der Waals surface area contributed by atoms with E-state index in [0.717, 1.165) is 24.7 Å². The average molecular weight is 281 g/mol. The molecule has 5 nitrogen and oxygen atoms in total. The molecule has 0 unspecified atom stereocenters. The molecule has 0 saturated heterocycles. The van der Waals surface area contributed by atoms with Crippen molar-refractivity contribution in [2.24, 2.45) is 0 Å². The highest BCUT2D eigenvalue weighted by Crippen LogP contribution is 2.35. The number of hydrogen-bond donors (Lipinski definition) is 1. The van der Waals surface area contributed by atoms with E-state index in [9.17, 15) is 0 Å². The van der Waals surface area contributed by atoms with Crippen molar-refractivity contribution in [3.05, 3.63) is 17.8 Å². The summed E-state index contributed by atoms with van der Waals surface area (Å²) in [6.45, 7) is 0. The van der Waals surface area contributed by atoms with Crippen molar-refractivity contribution in [2.45, 2.75) is 9.37 Å². The molecule has 0 atom stereocenters. The van der Waals surface area contributed by atoms with E-state index < -0.39 is 0 Å². The molecular weight excluding hydrogens is 274 g/mol. The molecule has 0 aliphatic carbocycles. The summed E-state index contributed by atoms with van der Waals surface area (Å²) in [6, 6.07) is 1.99. The molecular formula is C9H7N5S3. The fourth-order valence-electron chi connectivity index (χ4n) is 1.27. The molecule has 17 heavy (non-hydrogen) atoms. The lowest BCUT2D eigenvalue weighted by atomic mass is 10.5. The minimum Gasteiger partial charge on any atom is -0.363 e. The van der Waals surface area contributed by atoms with Crippen molar-refractivity contribution in [1.82, 2.24) is 20.2 Å². The summed E-state index contributed by atoms with van der Waals surface area (Å²) in [4.78, 5) is 8.50. The smallest absolute Gasteiger partial charge is 0.206 e. The van der Waals surface area contributed by atoms with Gasteiger partial charge in [-0.25, -0.2) is 9.97 Å². The van der Waals surface area contributed by atoms with Crippen LogP contribution in [0.4, 0.5) is 5.13 Å². The van der Waals surface area contributed by atoms with Crippen LogP contribution < -0.4 is 5.32 Å². The highest BCUT2D eigenvalue weighted by atomic mass is 32.2. The van der Waals surface area contributed by atoms with Crippen LogP contribution in [0.5, 0.6) is 0 Å². The lowest BCUT2D eigenvalue weighted by Crippen LogP contribution is -1.84. The van der Waals surface area contributed by atoms with Crippen molar-refractivity contribution in [1.29, 1.82) is 0 Å². The fraction of sp³-hybridized carbons (Fsp3) is 0.111. The Labute approximate surface area is 109 Å². The Bertz CT molecular complexity index is 647. The molecule has 3 aromatic heterocycles. The molecule has 3 aromatic rings. The van der Waals surface area contributed by atoms with Gasteiger partial charge in [-0.2, -0.15) is 0 Å². The number of aromatic nitrogens is 4. The maximum atomic E-state index is 4.29. The number of nitrogens with zero attached hydrogens (tertiary/aromatic N) is 4. The number of fused-ring (bicyclic) bond motifs is 1. The van der Waals surface area contributed by atoms with Gasteiger partial charge in [0.15, 0.2) is 4.34 Å². The highest BCUT2D eigenvalue weighted by molar-refractivity contribution is 8.01. The van der Waals surface area contributed by atoms with Crippen LogP contribution in [0.3, 0.4) is 0 Å². The zero-order valence-corrected chi connectivity index (χ0v) is 11.2. The third kappa shape index (κ3) is 2.11. The third-order valence-corrected chi connectivity index (χ3v) is 5.05. The Morgan fingerprint density at radius 2 is 2.24 bits per heavy atom. The molecule has 0 spiro atoms. The van der Waals surface area contributed by atoms with Crippen LogP contribution in [0, 0.1) is 0 Å². The monoisotopic (exact) mass is 281 g/mol. The second kappa shape index (κ2) is 4.55. The first-order chi connectivity index (χ1) is 8.36. The van der Waals surface area contributed by atoms with Crippen LogP contribution in [0.15, 0.2) is 27.1 Å². The van der Waals surface area contributed by atoms with Gasteiger partial charge in [-0.1, -0.05) is 11.3 Å². The van der Waals surface area contributed by atoms with Crippen LogP contribution in [0.1, 0.15) is 0 Å². The van der Waals surface area contributed by atoms with E-state index >= 15 is 0 Å². The van der Waals surface area contributed by atoms with Gasteiger partial charge in [-0.3, -0.25) is 0 Å². The maximum absolute atomic E-state index is 4.29. The molecule has 0 bridgehead atoms. The molecule has 1 N–H and O–H groups in total. The first kappa shape index (κ1) is 10.9. The Balaban J connectivity index is 1.96. The van der Waals surface area contributed by atoms with Gasteiger partial charge in [-0.15, -0.1) is 21.5 Å². The zero-order valence-electron chi connectivity index (χ0n) is 8.75. The second-order valence-electron chi connectivity index (χ2n) is 3.04. The minimum atomic E-state index is 0.809. The summed E-state index contributed by atoms with van der Waals surface area (Å²) in [5, 5.41) is 14.8. The van der Waals surface area contributed by atoms with E-state index in [1.54, 1.807) is 17.7 Å². The van der Waals surface area contributed by atoms with Gasteiger partial charge in [0.1, 0.15) is 11.4 Å². The molecule has 0 amide bonds. The van der Waals surface area contributed by atoms with Crippen LogP contribution in [-0.2, 0) is 0 Å². The lowest BCUT2D eigenvalue weighted by molar-refractivity contribution is 1.01. The first-order valence-corrected chi connectivity index (χ1v) is 7.25. The van der Waals surface area contributed by atoms with E-state index in [1.807, 2.05) is 18.5 Å². The van der Waals surface area contributed by atoms with Gasteiger partial charge in [0.2, 0.25) is 5.13 Å². The van der Waals surface area contributed by atoms with E-state index in [4.69, 9.17) is 0 Å². The number of thiophene rings is 1. The molecule has 3 rings (SSSR count). The molecule has 8 heteroatoms. The maximum Gasteiger partial charge on any atom is 0.206 e. The van der Waals surface area contributed by atoms with E-state index in [0.29, 0.717) is 0 Å². The highest BCUT2D eigenvalue weighted by Gasteiger charge is 2.10. The van der Waals surface area contributed by atoms with Gasteiger partial charge in [0, 0.05) is 7.05 Å². The van der Waals surface area contributed by atoms with Gasteiger partial charge in [0.05, 0.1) is 10.2 Å². The van der Waals surface area contributed by atoms with E-state index in [1.165, 1.54) is 23.1 Å². The number of anilines is 1. The Hall–Kier alpha value is -1.25. The summed E-state index contributed by atoms with van der Waals surface area (Å²) in [5.41, 5.74) is 0.978. The molecule has 0 saturated carbocycles. The van der Waals surface area contributed by atoms with Gasteiger partial charge in [0.25, 0.3) is 0 Å². The lowest BCUT2D eigenvalue weighted by Gasteiger charge is -1.96. The first-order valence-electron chi connectivity index (χ1n) is 4.74. The standard InChI is InChI=1S/C9H7N5S3/c1-10-8-13-14-9(17-8)16-7-6-5(2-3-15-6)11-4-12-7/h2-4H,1H3,(H,10,13). The predicted octanol–water partition coefficient (Wildman–Crippen LogP) is 2.74. The Morgan fingerprint density at radius 1 is 1.29 bits per heavy atom. The van der Waals surface area contributed by atoms with Crippen LogP contribution >= 0.6 is 34.4 Å². The topological polar surface area (TPSA) is 63.6 Å². The van der Waals surface area contributed by atoms with E-state index in [2.05, 4.69) is 25.5 Å². The average Bonchev–Trinajstić information content (AvgIpc) is 2.97. The van der Waals surface area contributed by atoms with Crippen molar-refractivity contribution < 1.29 is 0 Å². The number of nitrogens with one attached hydrogen (secondary N) is 1. The number of hydrogen-bond acceptors (Lipinski definition) is 8. The van der Waals surface area contributed by atoms with Crippen molar-refractivity contribution >= 4 is 49.8 Å². The molecule has 0 radical (unpaired) electrons. The normalized spacial score (nSPS) is 10.9. The minimum absolute atomic E-state index is 0.809. The molecule has 0 aromatic carbocycles. The second-order valence-corrected chi connectivity index (χ2v) is 6.17. The summed E-state index contributed by atoms with van der Waals surface area (Å²) in [5.74, 6) is 0. The van der Waals surface area contributed by atoms with Crippen molar-refractivity contribution in [3.63, 3.8) is 0 Å². The molecule has 0 aliphatic heterocycles. The van der Waals surface area contributed by atoms with Crippen molar-refractivity contribution in [2.75, 3.05) is 12.4 Å². The predicted molar refractivity (Wildman–Crippen MR) is 71.0 cm³/mol. The summed E-state index contributed by atoms with van der Waals surface area (Å²) in [6.07, 6.45) is 1.58. The SMILES string of the molecule is CNc1nnc(Sc2ncnc3ccsc23)s1. The van der Waals surface area contributed by atoms with Crippen LogP contribution in [0.25, 0.3) is 10.2 Å². The Morgan fingerprint density at radius 3 is 3.06 bits per heavy atom.